The lowest BCUT2D eigenvalue weighted by molar-refractivity contribution is -0.131. The molecule has 0 unspecified atom stereocenters. The van der Waals surface area contributed by atoms with Gasteiger partial charge in [0.2, 0.25) is 5.91 Å². The lowest BCUT2D eigenvalue weighted by atomic mass is 10.1. The molecule has 110 valence electrons. The van der Waals surface area contributed by atoms with E-state index in [-0.39, 0.29) is 5.91 Å². The molecule has 0 bridgehead atoms. The van der Waals surface area contributed by atoms with E-state index in [4.69, 9.17) is 0 Å². The Labute approximate surface area is 126 Å². The van der Waals surface area contributed by atoms with Crippen LogP contribution >= 0.6 is 0 Å². The van der Waals surface area contributed by atoms with Crippen LogP contribution in [0.1, 0.15) is 30.9 Å². The standard InChI is InChI=1S/C18H22N2O/c1-2-20(15-17-8-4-3-5-9-17)18(21)12-6-10-16-11-7-13-19-14-16/h3-5,7-9,11,13-14H,2,6,10,12,15H2,1H3. The third kappa shape index (κ3) is 5.03. The smallest absolute Gasteiger partial charge is 0.222 e. The molecule has 1 heterocycles. The fourth-order valence-electron chi connectivity index (χ4n) is 2.33. The number of pyridine rings is 1. The van der Waals surface area contributed by atoms with Gasteiger partial charge in [0.25, 0.3) is 0 Å². The zero-order valence-corrected chi connectivity index (χ0v) is 12.5. The van der Waals surface area contributed by atoms with Crippen LogP contribution < -0.4 is 0 Å². The maximum Gasteiger partial charge on any atom is 0.222 e. The summed E-state index contributed by atoms with van der Waals surface area (Å²) in [7, 11) is 0. The van der Waals surface area contributed by atoms with Gasteiger partial charge < -0.3 is 4.90 Å². The van der Waals surface area contributed by atoms with Crippen molar-refractivity contribution in [3.8, 4) is 0 Å². The van der Waals surface area contributed by atoms with Crippen LogP contribution in [0.5, 0.6) is 0 Å². The van der Waals surface area contributed by atoms with E-state index in [1.165, 1.54) is 11.1 Å². The van der Waals surface area contributed by atoms with E-state index in [9.17, 15) is 4.79 Å². The third-order valence-electron chi connectivity index (χ3n) is 3.53. The summed E-state index contributed by atoms with van der Waals surface area (Å²) in [5.74, 6) is 0.227. The Balaban J connectivity index is 1.80. The summed E-state index contributed by atoms with van der Waals surface area (Å²) in [6.45, 7) is 3.48. The van der Waals surface area contributed by atoms with E-state index in [1.807, 2.05) is 42.3 Å². The summed E-state index contributed by atoms with van der Waals surface area (Å²) < 4.78 is 0. The van der Waals surface area contributed by atoms with Gasteiger partial charge in [-0.2, -0.15) is 0 Å². The van der Waals surface area contributed by atoms with E-state index < -0.39 is 0 Å². The molecule has 21 heavy (non-hydrogen) atoms. The van der Waals surface area contributed by atoms with Gasteiger partial charge >= 0.3 is 0 Å². The molecule has 0 spiro atoms. The van der Waals surface area contributed by atoms with Crippen LogP contribution in [-0.2, 0) is 17.8 Å². The molecule has 1 amide bonds. The van der Waals surface area contributed by atoms with Crippen LogP contribution in [0.3, 0.4) is 0 Å². The van der Waals surface area contributed by atoms with Gasteiger partial charge in [0, 0.05) is 31.9 Å². The predicted octanol–water partition coefficient (Wildman–Crippen LogP) is 3.45. The molecule has 2 rings (SSSR count). The lowest BCUT2D eigenvalue weighted by Crippen LogP contribution is -2.30. The van der Waals surface area contributed by atoms with E-state index in [2.05, 4.69) is 23.2 Å². The zero-order chi connectivity index (χ0) is 14.9. The fraction of sp³-hybridized carbons (Fsp3) is 0.333. The van der Waals surface area contributed by atoms with Crippen LogP contribution in [0.2, 0.25) is 0 Å². The molecule has 0 fully saturated rings. The average Bonchev–Trinajstić information content (AvgIpc) is 2.54. The normalized spacial score (nSPS) is 10.3. The van der Waals surface area contributed by atoms with E-state index in [1.54, 1.807) is 6.20 Å². The van der Waals surface area contributed by atoms with Gasteiger partial charge in [0.1, 0.15) is 0 Å². The maximum absolute atomic E-state index is 12.3. The Morgan fingerprint density at radius 2 is 1.86 bits per heavy atom. The van der Waals surface area contributed by atoms with E-state index in [0.29, 0.717) is 13.0 Å². The first kappa shape index (κ1) is 15.2. The van der Waals surface area contributed by atoms with Crippen molar-refractivity contribution in [3.63, 3.8) is 0 Å². The van der Waals surface area contributed by atoms with Gasteiger partial charge in [-0.25, -0.2) is 0 Å². The molecular weight excluding hydrogens is 260 g/mol. The van der Waals surface area contributed by atoms with Crippen LogP contribution in [0, 0.1) is 0 Å². The van der Waals surface area contributed by atoms with Gasteiger partial charge in [-0.1, -0.05) is 36.4 Å². The Kier molecular flexibility index (Phi) is 5.95. The molecular formula is C18H22N2O. The van der Waals surface area contributed by atoms with Crippen molar-refractivity contribution in [2.24, 2.45) is 0 Å². The molecule has 2 aromatic rings. The van der Waals surface area contributed by atoms with Crippen molar-refractivity contribution in [2.75, 3.05) is 6.54 Å². The molecule has 1 aromatic carbocycles. The number of aryl methyl sites for hydroxylation is 1. The minimum atomic E-state index is 0.227. The van der Waals surface area contributed by atoms with Gasteiger partial charge in [-0.15, -0.1) is 0 Å². The quantitative estimate of drug-likeness (QED) is 0.779. The Hall–Kier alpha value is -2.16. The molecule has 0 aliphatic carbocycles. The molecule has 1 aromatic heterocycles. The van der Waals surface area contributed by atoms with E-state index in [0.717, 1.165) is 19.4 Å². The van der Waals surface area contributed by atoms with E-state index >= 15 is 0 Å². The molecule has 3 nitrogen and oxygen atoms in total. The third-order valence-corrected chi connectivity index (χ3v) is 3.53. The highest BCUT2D eigenvalue weighted by atomic mass is 16.2. The summed E-state index contributed by atoms with van der Waals surface area (Å²) in [6.07, 6.45) is 6.01. The summed E-state index contributed by atoms with van der Waals surface area (Å²) in [5, 5.41) is 0. The van der Waals surface area contributed by atoms with Crippen molar-refractivity contribution < 1.29 is 4.79 Å². The zero-order valence-electron chi connectivity index (χ0n) is 12.5. The Bertz CT molecular complexity index is 540. The predicted molar refractivity (Wildman–Crippen MR) is 84.7 cm³/mol. The highest BCUT2D eigenvalue weighted by Gasteiger charge is 2.11. The highest BCUT2D eigenvalue weighted by Crippen LogP contribution is 2.09. The number of carbonyl (C=O) groups is 1. The second-order valence-electron chi connectivity index (χ2n) is 5.11. The van der Waals surface area contributed by atoms with Crippen molar-refractivity contribution in [2.45, 2.75) is 32.7 Å². The second kappa shape index (κ2) is 8.20. The Morgan fingerprint density at radius 3 is 2.52 bits per heavy atom. The average molecular weight is 282 g/mol. The summed E-state index contributed by atoms with van der Waals surface area (Å²) in [6, 6.07) is 14.1. The largest absolute Gasteiger partial charge is 0.339 e. The van der Waals surface area contributed by atoms with Crippen molar-refractivity contribution in [1.29, 1.82) is 0 Å². The van der Waals surface area contributed by atoms with Crippen LogP contribution in [0.25, 0.3) is 0 Å². The van der Waals surface area contributed by atoms with Gasteiger partial charge in [0.05, 0.1) is 0 Å². The van der Waals surface area contributed by atoms with Crippen LogP contribution in [0.15, 0.2) is 54.9 Å². The second-order valence-corrected chi connectivity index (χ2v) is 5.11. The van der Waals surface area contributed by atoms with Crippen molar-refractivity contribution >= 4 is 5.91 Å². The van der Waals surface area contributed by atoms with Gasteiger partial charge in [-0.3, -0.25) is 9.78 Å². The maximum atomic E-state index is 12.3. The fourth-order valence-corrected chi connectivity index (χ4v) is 2.33. The first-order chi connectivity index (χ1) is 10.3. The van der Waals surface area contributed by atoms with Gasteiger partial charge in [0.15, 0.2) is 0 Å². The number of benzene rings is 1. The number of carbonyl (C=O) groups excluding carboxylic acids is 1. The number of aromatic nitrogens is 1. The first-order valence-electron chi connectivity index (χ1n) is 7.50. The molecule has 0 aliphatic heterocycles. The molecule has 0 saturated heterocycles. The number of rotatable bonds is 7. The first-order valence-corrected chi connectivity index (χ1v) is 7.50. The van der Waals surface area contributed by atoms with Crippen molar-refractivity contribution in [3.05, 3.63) is 66.0 Å². The van der Waals surface area contributed by atoms with Crippen LogP contribution in [-0.4, -0.2) is 22.3 Å². The minimum Gasteiger partial charge on any atom is -0.339 e. The number of hydrogen-bond acceptors (Lipinski definition) is 2. The monoisotopic (exact) mass is 282 g/mol. The number of hydrogen-bond donors (Lipinski definition) is 0. The molecule has 0 atom stereocenters. The molecule has 0 saturated carbocycles. The SMILES string of the molecule is CCN(Cc1ccccc1)C(=O)CCCc1cccnc1. The molecule has 3 heteroatoms. The van der Waals surface area contributed by atoms with Crippen LogP contribution in [0.4, 0.5) is 0 Å². The minimum absolute atomic E-state index is 0.227. The van der Waals surface area contributed by atoms with Gasteiger partial charge in [-0.05, 0) is 37.0 Å². The molecule has 0 aliphatic rings. The number of amides is 1. The lowest BCUT2D eigenvalue weighted by Gasteiger charge is -2.21. The highest BCUT2D eigenvalue weighted by molar-refractivity contribution is 5.76. The molecule has 0 N–H and O–H groups in total. The Morgan fingerprint density at radius 1 is 1.10 bits per heavy atom. The summed E-state index contributed by atoms with van der Waals surface area (Å²) in [4.78, 5) is 18.3. The molecule has 0 radical (unpaired) electrons. The summed E-state index contributed by atoms with van der Waals surface area (Å²) in [5.41, 5.74) is 2.37. The number of nitrogens with zero attached hydrogens (tertiary/aromatic N) is 2. The van der Waals surface area contributed by atoms with Crippen molar-refractivity contribution in [1.82, 2.24) is 9.88 Å². The summed E-state index contributed by atoms with van der Waals surface area (Å²) >= 11 is 0. The topological polar surface area (TPSA) is 33.2 Å².